The normalized spacial score (nSPS) is 15.6. The Morgan fingerprint density at radius 3 is 2.48 bits per heavy atom. The van der Waals surface area contributed by atoms with Crippen LogP contribution in [0.1, 0.15) is 47.6 Å². The van der Waals surface area contributed by atoms with Crippen molar-refractivity contribution < 1.29 is 19.1 Å². The number of methoxy groups -OCH3 is 1. The van der Waals surface area contributed by atoms with Crippen LogP contribution in [0.25, 0.3) is 0 Å². The zero-order valence-electron chi connectivity index (χ0n) is 12.4. The summed E-state index contributed by atoms with van der Waals surface area (Å²) in [4.78, 5) is 31.8. The summed E-state index contributed by atoms with van der Waals surface area (Å²) in [5.41, 5.74) is 0.761. The van der Waals surface area contributed by atoms with Crippen molar-refractivity contribution in [1.82, 2.24) is 15.3 Å². The first-order chi connectivity index (χ1) is 10.0. The highest BCUT2D eigenvalue weighted by atomic mass is 16.6. The number of piperidine rings is 1. The average molecular weight is 293 g/mol. The molecule has 21 heavy (non-hydrogen) atoms. The molecule has 1 aliphatic heterocycles. The molecule has 7 heteroatoms. The molecule has 1 aromatic heterocycles. The predicted molar refractivity (Wildman–Crippen MR) is 74.3 cm³/mol. The van der Waals surface area contributed by atoms with Crippen molar-refractivity contribution in [2.45, 2.75) is 32.6 Å². The van der Waals surface area contributed by atoms with Gasteiger partial charge in [0.05, 0.1) is 12.8 Å². The molecule has 0 amide bonds. The first-order valence-corrected chi connectivity index (χ1v) is 6.89. The molecule has 1 saturated heterocycles. The summed E-state index contributed by atoms with van der Waals surface area (Å²) >= 11 is 0. The van der Waals surface area contributed by atoms with Gasteiger partial charge in [0.1, 0.15) is 11.4 Å². The minimum absolute atomic E-state index is 0.122. The van der Waals surface area contributed by atoms with E-state index in [2.05, 4.69) is 15.3 Å². The zero-order valence-corrected chi connectivity index (χ0v) is 12.4. The molecule has 0 bridgehead atoms. The molecule has 7 nitrogen and oxygen atoms in total. The molecule has 0 radical (unpaired) electrons. The lowest BCUT2D eigenvalue weighted by molar-refractivity contribution is -0.135. The highest BCUT2D eigenvalue weighted by Crippen LogP contribution is 2.31. The van der Waals surface area contributed by atoms with Crippen LogP contribution in [0.2, 0.25) is 0 Å². The fraction of sp³-hybridized carbons (Fsp3) is 0.571. The van der Waals surface area contributed by atoms with E-state index in [1.807, 2.05) is 0 Å². The Morgan fingerprint density at radius 1 is 1.24 bits per heavy atom. The number of hydrogen-bond acceptors (Lipinski definition) is 7. The second-order valence-corrected chi connectivity index (χ2v) is 4.95. The molecule has 0 aromatic carbocycles. The number of hydrogen-bond donors (Lipinski definition) is 1. The van der Waals surface area contributed by atoms with Gasteiger partial charge in [-0.3, -0.25) is 4.79 Å². The Morgan fingerprint density at radius 2 is 1.90 bits per heavy atom. The lowest BCUT2D eigenvalue weighted by Crippen LogP contribution is -2.29. The summed E-state index contributed by atoms with van der Waals surface area (Å²) in [6, 6.07) is 0. The third-order valence-electron chi connectivity index (χ3n) is 3.38. The molecule has 0 unspecified atom stereocenters. The second kappa shape index (κ2) is 6.62. The van der Waals surface area contributed by atoms with Gasteiger partial charge < -0.3 is 14.8 Å². The molecular formula is C14H19N3O4. The summed E-state index contributed by atoms with van der Waals surface area (Å²) < 4.78 is 9.88. The SMILES string of the molecule is COc1nc(C)nc(C2CCNCC2)c1C(=O)OC(C)=O. The largest absolute Gasteiger partial charge is 0.480 e. The van der Waals surface area contributed by atoms with Crippen molar-refractivity contribution in [3.05, 3.63) is 17.1 Å². The van der Waals surface area contributed by atoms with E-state index in [9.17, 15) is 9.59 Å². The van der Waals surface area contributed by atoms with Crippen molar-refractivity contribution in [3.63, 3.8) is 0 Å². The lowest BCUT2D eigenvalue weighted by atomic mass is 9.91. The molecule has 1 N–H and O–H groups in total. The Labute approximate surface area is 123 Å². The molecule has 2 rings (SSSR count). The van der Waals surface area contributed by atoms with Crippen LogP contribution in [0, 0.1) is 6.92 Å². The number of aromatic nitrogens is 2. The number of esters is 2. The highest BCUT2D eigenvalue weighted by Gasteiger charge is 2.29. The van der Waals surface area contributed by atoms with Gasteiger partial charge in [-0.25, -0.2) is 9.78 Å². The number of nitrogens with zero attached hydrogens (tertiary/aromatic N) is 2. The monoisotopic (exact) mass is 293 g/mol. The smallest absolute Gasteiger partial charge is 0.353 e. The van der Waals surface area contributed by atoms with E-state index in [0.717, 1.165) is 25.9 Å². The van der Waals surface area contributed by atoms with Crippen molar-refractivity contribution in [3.8, 4) is 5.88 Å². The first-order valence-electron chi connectivity index (χ1n) is 6.89. The van der Waals surface area contributed by atoms with Crippen molar-refractivity contribution >= 4 is 11.9 Å². The van der Waals surface area contributed by atoms with Crippen molar-refractivity contribution in [2.75, 3.05) is 20.2 Å². The standard InChI is InChI=1S/C14H19N3O4/c1-8-16-12(10-4-6-15-7-5-10)11(13(17-8)20-3)14(19)21-9(2)18/h10,15H,4-7H2,1-3H3. The van der Waals surface area contributed by atoms with E-state index < -0.39 is 11.9 Å². The van der Waals surface area contributed by atoms with Gasteiger partial charge in [0.2, 0.25) is 5.88 Å². The predicted octanol–water partition coefficient (Wildman–Crippen LogP) is 0.964. The van der Waals surface area contributed by atoms with Crippen molar-refractivity contribution in [2.24, 2.45) is 0 Å². The highest BCUT2D eigenvalue weighted by molar-refractivity contribution is 5.99. The molecule has 0 aliphatic carbocycles. The molecule has 0 spiro atoms. The number of carbonyl (C=O) groups is 2. The molecular weight excluding hydrogens is 274 g/mol. The van der Waals surface area contributed by atoms with Crippen LogP contribution in [0.15, 0.2) is 0 Å². The van der Waals surface area contributed by atoms with E-state index in [0.29, 0.717) is 11.5 Å². The van der Waals surface area contributed by atoms with Gasteiger partial charge in [-0.05, 0) is 32.9 Å². The van der Waals surface area contributed by atoms with E-state index >= 15 is 0 Å². The molecule has 2 heterocycles. The number of ether oxygens (including phenoxy) is 2. The maximum Gasteiger partial charge on any atom is 0.353 e. The van der Waals surface area contributed by atoms with E-state index in [4.69, 9.17) is 9.47 Å². The van der Waals surface area contributed by atoms with Crippen LogP contribution in [-0.2, 0) is 9.53 Å². The van der Waals surface area contributed by atoms with E-state index in [1.54, 1.807) is 6.92 Å². The van der Waals surface area contributed by atoms with Gasteiger partial charge in [0.15, 0.2) is 0 Å². The fourth-order valence-corrected chi connectivity index (χ4v) is 2.48. The second-order valence-electron chi connectivity index (χ2n) is 4.95. The third-order valence-corrected chi connectivity index (χ3v) is 3.38. The summed E-state index contributed by atoms with van der Waals surface area (Å²) in [5, 5.41) is 3.26. The summed E-state index contributed by atoms with van der Waals surface area (Å²) in [5.74, 6) is -0.620. The Balaban J connectivity index is 2.47. The number of rotatable bonds is 3. The molecule has 0 atom stereocenters. The molecule has 1 aliphatic rings. The van der Waals surface area contributed by atoms with Crippen LogP contribution < -0.4 is 10.1 Å². The van der Waals surface area contributed by atoms with Crippen LogP contribution in [0.5, 0.6) is 5.88 Å². The lowest BCUT2D eigenvalue weighted by Gasteiger charge is -2.24. The Hall–Kier alpha value is -2.02. The third kappa shape index (κ3) is 3.55. The summed E-state index contributed by atoms with van der Waals surface area (Å²) in [7, 11) is 1.43. The summed E-state index contributed by atoms with van der Waals surface area (Å²) in [6.45, 7) is 4.64. The van der Waals surface area contributed by atoms with Gasteiger partial charge >= 0.3 is 11.9 Å². The zero-order chi connectivity index (χ0) is 15.4. The summed E-state index contributed by atoms with van der Waals surface area (Å²) in [6.07, 6.45) is 1.72. The van der Waals surface area contributed by atoms with E-state index in [-0.39, 0.29) is 17.4 Å². The molecule has 1 fully saturated rings. The maximum atomic E-state index is 12.2. The van der Waals surface area contributed by atoms with Gasteiger partial charge in [0, 0.05) is 12.8 Å². The quantitative estimate of drug-likeness (QED) is 0.655. The number of carbonyl (C=O) groups excluding carboxylic acids is 2. The minimum Gasteiger partial charge on any atom is -0.480 e. The molecule has 1 aromatic rings. The van der Waals surface area contributed by atoms with Gasteiger partial charge in [0.25, 0.3) is 0 Å². The average Bonchev–Trinajstić information content (AvgIpc) is 2.46. The topological polar surface area (TPSA) is 90.4 Å². The Kier molecular flexibility index (Phi) is 4.85. The van der Waals surface area contributed by atoms with E-state index in [1.165, 1.54) is 14.0 Å². The van der Waals surface area contributed by atoms with Crippen LogP contribution in [0.4, 0.5) is 0 Å². The fourth-order valence-electron chi connectivity index (χ4n) is 2.48. The van der Waals surface area contributed by atoms with Gasteiger partial charge in [-0.15, -0.1) is 0 Å². The Bertz CT molecular complexity index is 553. The minimum atomic E-state index is -0.757. The van der Waals surface area contributed by atoms with Crippen LogP contribution >= 0.6 is 0 Å². The maximum absolute atomic E-state index is 12.2. The molecule has 114 valence electrons. The van der Waals surface area contributed by atoms with Gasteiger partial charge in [-0.2, -0.15) is 4.98 Å². The van der Waals surface area contributed by atoms with Crippen LogP contribution in [-0.4, -0.2) is 42.1 Å². The number of aryl methyl sites for hydroxylation is 1. The molecule has 0 saturated carbocycles. The van der Waals surface area contributed by atoms with Crippen LogP contribution in [0.3, 0.4) is 0 Å². The number of nitrogens with one attached hydrogen (secondary N) is 1. The van der Waals surface area contributed by atoms with Crippen molar-refractivity contribution in [1.29, 1.82) is 0 Å². The van der Waals surface area contributed by atoms with Gasteiger partial charge in [-0.1, -0.05) is 0 Å². The first kappa shape index (κ1) is 15.4.